The van der Waals surface area contributed by atoms with Crippen molar-refractivity contribution in [1.82, 2.24) is 0 Å². The minimum Gasteiger partial charge on any atom is -0.490 e. The molecule has 0 heterocycles. The second-order valence-corrected chi connectivity index (χ2v) is 8.23. The van der Waals surface area contributed by atoms with Gasteiger partial charge in [-0.15, -0.1) is 0 Å². The highest BCUT2D eigenvalue weighted by Crippen LogP contribution is 2.24. The number of ether oxygens (including phenoxy) is 3. The van der Waals surface area contributed by atoms with Gasteiger partial charge in [-0.2, -0.15) is 0 Å². The molecule has 0 aliphatic carbocycles. The molecule has 156 valence electrons. The largest absolute Gasteiger partial charge is 0.490 e. The fourth-order valence-electron chi connectivity index (χ4n) is 2.74. The number of hydrogen-bond acceptors (Lipinski definition) is 4. The first-order chi connectivity index (χ1) is 13.9. The summed E-state index contributed by atoms with van der Waals surface area (Å²) in [6.45, 7) is 7.00. The van der Waals surface area contributed by atoms with Gasteiger partial charge in [0.25, 0.3) is 0 Å². The summed E-state index contributed by atoms with van der Waals surface area (Å²) in [7, 11) is 0. The third-order valence-corrected chi connectivity index (χ3v) is 5.13. The molecule has 6 heteroatoms. The number of allylic oxidation sites excluding steroid dienone is 1. The van der Waals surface area contributed by atoms with Gasteiger partial charge >= 0.3 is 5.97 Å². The molecule has 0 radical (unpaired) electrons. The molecule has 2 aromatic rings. The van der Waals surface area contributed by atoms with Gasteiger partial charge in [0, 0.05) is 22.0 Å². The fourth-order valence-corrected chi connectivity index (χ4v) is 4.04. The first-order valence-corrected chi connectivity index (χ1v) is 11.1. The summed E-state index contributed by atoms with van der Waals surface area (Å²) in [4.78, 5) is 12.0. The molecule has 4 nitrogen and oxygen atoms in total. The van der Waals surface area contributed by atoms with Crippen molar-refractivity contribution in [1.29, 1.82) is 0 Å². The summed E-state index contributed by atoms with van der Waals surface area (Å²) in [5.74, 6) is 0.451. The van der Waals surface area contributed by atoms with Crippen LogP contribution in [0.4, 0.5) is 0 Å². The zero-order valence-corrected chi connectivity index (χ0v) is 20.1. The van der Waals surface area contributed by atoms with Crippen molar-refractivity contribution in [2.24, 2.45) is 0 Å². The molecule has 0 bridgehead atoms. The van der Waals surface area contributed by atoms with Crippen molar-refractivity contribution in [2.75, 3.05) is 19.8 Å². The molecule has 0 saturated carbocycles. The van der Waals surface area contributed by atoms with Crippen LogP contribution in [0.3, 0.4) is 0 Å². The lowest BCUT2D eigenvalue weighted by molar-refractivity contribution is -0.156. The average molecular weight is 526 g/mol. The number of hydrogen-bond donors (Lipinski definition) is 0. The molecule has 1 atom stereocenters. The van der Waals surface area contributed by atoms with Crippen molar-refractivity contribution >= 4 is 43.4 Å². The molecule has 0 aromatic heterocycles. The number of benzene rings is 2. The van der Waals surface area contributed by atoms with Crippen molar-refractivity contribution in [3.05, 3.63) is 68.6 Å². The Morgan fingerprint density at radius 1 is 1.03 bits per heavy atom. The van der Waals surface area contributed by atoms with Gasteiger partial charge in [0.1, 0.15) is 12.4 Å². The topological polar surface area (TPSA) is 44.8 Å². The second-order valence-electron chi connectivity index (χ2n) is 6.40. The van der Waals surface area contributed by atoms with Crippen LogP contribution < -0.4 is 4.74 Å². The van der Waals surface area contributed by atoms with Gasteiger partial charge in [-0.3, -0.25) is 0 Å². The summed E-state index contributed by atoms with van der Waals surface area (Å²) >= 11 is 7.02. The van der Waals surface area contributed by atoms with Gasteiger partial charge in [0.15, 0.2) is 6.10 Å². The highest BCUT2D eigenvalue weighted by Gasteiger charge is 2.20. The molecule has 0 spiro atoms. The summed E-state index contributed by atoms with van der Waals surface area (Å²) in [6.07, 6.45) is 1.94. The monoisotopic (exact) mass is 524 g/mol. The van der Waals surface area contributed by atoms with E-state index in [1.165, 1.54) is 0 Å². The first kappa shape index (κ1) is 23.6. The number of rotatable bonds is 10. The number of carbonyl (C=O) groups is 1. The average Bonchev–Trinajstić information content (AvgIpc) is 2.68. The van der Waals surface area contributed by atoms with E-state index in [0.717, 1.165) is 31.4 Å². The number of halogens is 2. The molecule has 0 fully saturated rings. The Labute approximate surface area is 189 Å². The van der Waals surface area contributed by atoms with Crippen molar-refractivity contribution in [2.45, 2.75) is 33.3 Å². The SMILES string of the molecule is CCOC(=O)C(Cc1ccc(OC/C=C(\C)c2cc(Br)cc(Br)c2)cc1)OCC. The minimum absolute atomic E-state index is 0.325. The second kappa shape index (κ2) is 12.2. The van der Waals surface area contributed by atoms with Crippen LogP contribution in [0.2, 0.25) is 0 Å². The molecule has 0 saturated heterocycles. The predicted molar refractivity (Wildman–Crippen MR) is 123 cm³/mol. The number of esters is 1. The molecule has 0 amide bonds. The lowest BCUT2D eigenvalue weighted by atomic mass is 10.1. The zero-order valence-electron chi connectivity index (χ0n) is 16.9. The highest BCUT2D eigenvalue weighted by molar-refractivity contribution is 9.11. The van der Waals surface area contributed by atoms with Crippen LogP contribution in [-0.2, 0) is 20.7 Å². The van der Waals surface area contributed by atoms with Gasteiger partial charge in [0.2, 0.25) is 0 Å². The molecule has 0 N–H and O–H groups in total. The van der Waals surface area contributed by atoms with Gasteiger partial charge in [-0.1, -0.05) is 44.0 Å². The van der Waals surface area contributed by atoms with E-state index in [9.17, 15) is 4.79 Å². The van der Waals surface area contributed by atoms with E-state index in [1.807, 2.05) is 43.3 Å². The Balaban J connectivity index is 1.93. The van der Waals surface area contributed by atoms with Crippen LogP contribution >= 0.6 is 31.9 Å². The molecule has 2 rings (SSSR count). The van der Waals surface area contributed by atoms with Gasteiger partial charge in [-0.05, 0) is 73.9 Å². The predicted octanol–water partition coefficient (Wildman–Crippen LogP) is 6.20. The van der Waals surface area contributed by atoms with E-state index in [-0.39, 0.29) is 5.97 Å². The lowest BCUT2D eigenvalue weighted by Gasteiger charge is -2.15. The third-order valence-electron chi connectivity index (χ3n) is 4.22. The Morgan fingerprint density at radius 3 is 2.28 bits per heavy atom. The molecule has 0 aliphatic rings. The third kappa shape index (κ3) is 7.96. The Hall–Kier alpha value is -1.63. The molecule has 2 aromatic carbocycles. The standard InChI is InChI=1S/C23H26Br2O4/c1-4-27-22(23(26)28-5-2)12-17-6-8-21(9-7-17)29-11-10-16(3)18-13-19(24)15-20(25)14-18/h6-10,13-15,22H,4-5,11-12H2,1-3H3/b16-10+. The van der Waals surface area contributed by atoms with Crippen LogP contribution in [0.5, 0.6) is 5.75 Å². The van der Waals surface area contributed by atoms with E-state index in [0.29, 0.717) is 26.2 Å². The maximum atomic E-state index is 12.0. The van der Waals surface area contributed by atoms with Crippen molar-refractivity contribution in [3.63, 3.8) is 0 Å². The van der Waals surface area contributed by atoms with Gasteiger partial charge in [-0.25, -0.2) is 4.79 Å². The Bertz CT molecular complexity index is 811. The Morgan fingerprint density at radius 2 is 1.69 bits per heavy atom. The first-order valence-electron chi connectivity index (χ1n) is 9.56. The van der Waals surface area contributed by atoms with Crippen LogP contribution in [0, 0.1) is 0 Å². The number of carbonyl (C=O) groups excluding carboxylic acids is 1. The minimum atomic E-state index is -0.582. The zero-order chi connectivity index (χ0) is 21.2. The molecule has 29 heavy (non-hydrogen) atoms. The maximum absolute atomic E-state index is 12.0. The highest BCUT2D eigenvalue weighted by atomic mass is 79.9. The summed E-state index contributed by atoms with van der Waals surface area (Å²) in [6, 6.07) is 13.9. The quantitative estimate of drug-likeness (QED) is 0.346. The normalized spacial score (nSPS) is 12.5. The molecule has 0 aliphatic heterocycles. The smallest absolute Gasteiger partial charge is 0.335 e. The van der Waals surface area contributed by atoms with Crippen LogP contribution in [0.15, 0.2) is 57.5 Å². The van der Waals surface area contributed by atoms with Crippen molar-refractivity contribution in [3.8, 4) is 5.75 Å². The molecular formula is C23H26Br2O4. The van der Waals surface area contributed by atoms with Crippen LogP contribution in [0.1, 0.15) is 31.9 Å². The lowest BCUT2D eigenvalue weighted by Crippen LogP contribution is -2.28. The summed E-state index contributed by atoms with van der Waals surface area (Å²) in [5, 5.41) is 0. The van der Waals surface area contributed by atoms with Crippen LogP contribution in [0.25, 0.3) is 5.57 Å². The van der Waals surface area contributed by atoms with Crippen LogP contribution in [-0.4, -0.2) is 31.9 Å². The van der Waals surface area contributed by atoms with Gasteiger partial charge in [0.05, 0.1) is 6.61 Å². The summed E-state index contributed by atoms with van der Waals surface area (Å²) in [5.41, 5.74) is 3.26. The van der Waals surface area contributed by atoms with E-state index in [2.05, 4.69) is 50.9 Å². The molecule has 1 unspecified atom stereocenters. The van der Waals surface area contributed by atoms with Crippen molar-refractivity contribution < 1.29 is 19.0 Å². The fraction of sp³-hybridized carbons (Fsp3) is 0.348. The van der Waals surface area contributed by atoms with E-state index < -0.39 is 6.10 Å². The summed E-state index contributed by atoms with van der Waals surface area (Å²) < 4.78 is 18.5. The maximum Gasteiger partial charge on any atom is 0.335 e. The Kier molecular flexibility index (Phi) is 9.91. The molecular weight excluding hydrogens is 500 g/mol. The van der Waals surface area contributed by atoms with E-state index in [1.54, 1.807) is 6.92 Å². The van der Waals surface area contributed by atoms with Gasteiger partial charge < -0.3 is 14.2 Å². The van der Waals surface area contributed by atoms with E-state index in [4.69, 9.17) is 14.2 Å². The van der Waals surface area contributed by atoms with E-state index >= 15 is 0 Å².